The van der Waals surface area contributed by atoms with Gasteiger partial charge < -0.3 is 9.47 Å². The molecular weight excluding hydrogens is 288 g/mol. The molecule has 0 aliphatic carbocycles. The Morgan fingerprint density at radius 1 is 1.26 bits per heavy atom. The van der Waals surface area contributed by atoms with Crippen LogP contribution in [-0.4, -0.2) is 32.2 Å². The zero-order valence-corrected chi connectivity index (χ0v) is 13.5. The summed E-state index contributed by atoms with van der Waals surface area (Å²) in [6.07, 6.45) is -0.137. The van der Waals surface area contributed by atoms with Crippen molar-refractivity contribution in [2.45, 2.75) is 12.6 Å². The minimum absolute atomic E-state index is 0.137. The number of likely N-dealkylation sites (N-methyl/N-ethyl adjacent to an activating group) is 1. The van der Waals surface area contributed by atoms with Crippen molar-refractivity contribution < 1.29 is 9.47 Å². The van der Waals surface area contributed by atoms with Crippen LogP contribution in [0.4, 0.5) is 0 Å². The van der Waals surface area contributed by atoms with E-state index >= 15 is 0 Å². The molecule has 23 heavy (non-hydrogen) atoms. The maximum atomic E-state index is 9.17. The Kier molecular flexibility index (Phi) is 4.61. The summed E-state index contributed by atoms with van der Waals surface area (Å²) >= 11 is 0. The first-order valence-electron chi connectivity index (χ1n) is 7.68. The highest BCUT2D eigenvalue weighted by Crippen LogP contribution is 2.32. The fraction of sp³-hybridized carbons (Fsp3) is 0.316. The van der Waals surface area contributed by atoms with Gasteiger partial charge in [-0.2, -0.15) is 5.26 Å². The molecule has 1 atom stereocenters. The van der Waals surface area contributed by atoms with Crippen LogP contribution in [0.5, 0.6) is 5.75 Å². The van der Waals surface area contributed by atoms with Gasteiger partial charge in [0, 0.05) is 13.1 Å². The lowest BCUT2D eigenvalue weighted by Crippen LogP contribution is -2.28. The molecule has 0 fully saturated rings. The van der Waals surface area contributed by atoms with Crippen molar-refractivity contribution in [3.63, 3.8) is 0 Å². The molecule has 1 aliphatic rings. The number of hydrogen-bond acceptors (Lipinski definition) is 4. The van der Waals surface area contributed by atoms with Crippen molar-refractivity contribution in [1.29, 1.82) is 5.26 Å². The van der Waals surface area contributed by atoms with Crippen LogP contribution in [-0.2, 0) is 11.3 Å². The predicted octanol–water partition coefficient (Wildman–Crippen LogP) is 3.12. The maximum absolute atomic E-state index is 9.17. The number of benzene rings is 2. The summed E-state index contributed by atoms with van der Waals surface area (Å²) in [5.41, 5.74) is 4.00. The Balaban J connectivity index is 2.07. The topological polar surface area (TPSA) is 45.5 Å². The molecule has 2 aromatic carbocycles. The van der Waals surface area contributed by atoms with Gasteiger partial charge in [0.1, 0.15) is 11.9 Å². The SMILES string of the molecule is COc1cccc([C@@H]2OCCN(C)Cc3cc(C#N)ccc32)c1. The standard InChI is InChI=1S/C19H20N2O2/c1-21-8-9-23-19(15-4-3-5-17(11-15)22-2)18-7-6-14(12-20)10-16(18)13-21/h3-7,10-11,19H,8-9,13H2,1-2H3/t19-/m0/s1. The molecule has 0 amide bonds. The van der Waals surface area contributed by atoms with Gasteiger partial charge in [-0.15, -0.1) is 0 Å². The molecule has 0 radical (unpaired) electrons. The van der Waals surface area contributed by atoms with E-state index in [4.69, 9.17) is 9.47 Å². The van der Waals surface area contributed by atoms with Crippen LogP contribution in [0.15, 0.2) is 42.5 Å². The summed E-state index contributed by atoms with van der Waals surface area (Å²) in [4.78, 5) is 2.21. The Morgan fingerprint density at radius 3 is 2.91 bits per heavy atom. The lowest BCUT2D eigenvalue weighted by Gasteiger charge is -2.28. The van der Waals surface area contributed by atoms with E-state index in [2.05, 4.69) is 24.1 Å². The maximum Gasteiger partial charge on any atom is 0.119 e. The highest BCUT2D eigenvalue weighted by atomic mass is 16.5. The number of nitrogens with zero attached hydrogens (tertiary/aromatic N) is 2. The second-order valence-corrected chi connectivity index (χ2v) is 5.79. The minimum atomic E-state index is -0.137. The largest absolute Gasteiger partial charge is 0.497 e. The molecule has 4 heteroatoms. The summed E-state index contributed by atoms with van der Waals surface area (Å²) in [5, 5.41) is 9.17. The molecule has 118 valence electrons. The molecular formula is C19H20N2O2. The fourth-order valence-electron chi connectivity index (χ4n) is 2.93. The first-order chi connectivity index (χ1) is 11.2. The van der Waals surface area contributed by atoms with Gasteiger partial charge in [0.05, 0.1) is 25.3 Å². The molecule has 4 nitrogen and oxygen atoms in total. The number of ether oxygens (including phenoxy) is 2. The summed E-state index contributed by atoms with van der Waals surface area (Å²) in [7, 11) is 3.73. The van der Waals surface area contributed by atoms with Gasteiger partial charge >= 0.3 is 0 Å². The van der Waals surface area contributed by atoms with Crippen molar-refractivity contribution in [2.75, 3.05) is 27.3 Å². The van der Waals surface area contributed by atoms with Gasteiger partial charge in [0.25, 0.3) is 0 Å². The number of rotatable bonds is 2. The lowest BCUT2D eigenvalue weighted by atomic mass is 9.94. The van der Waals surface area contributed by atoms with Gasteiger partial charge in [-0.3, -0.25) is 4.90 Å². The van der Waals surface area contributed by atoms with Gasteiger partial charge in [-0.1, -0.05) is 18.2 Å². The average molecular weight is 308 g/mol. The molecule has 0 bridgehead atoms. The van der Waals surface area contributed by atoms with Crippen LogP contribution in [0.25, 0.3) is 0 Å². The second kappa shape index (κ2) is 6.82. The first kappa shape index (κ1) is 15.5. The molecule has 0 spiro atoms. The van der Waals surface area contributed by atoms with Gasteiger partial charge in [-0.25, -0.2) is 0 Å². The summed E-state index contributed by atoms with van der Waals surface area (Å²) < 4.78 is 11.5. The van der Waals surface area contributed by atoms with Crippen LogP contribution >= 0.6 is 0 Å². The average Bonchev–Trinajstić information content (AvgIpc) is 2.57. The molecule has 0 aromatic heterocycles. The fourth-order valence-corrected chi connectivity index (χ4v) is 2.93. The van der Waals surface area contributed by atoms with Gasteiger partial charge in [0.2, 0.25) is 0 Å². The van der Waals surface area contributed by atoms with E-state index in [-0.39, 0.29) is 6.10 Å². The van der Waals surface area contributed by atoms with Crippen molar-refractivity contribution in [1.82, 2.24) is 4.90 Å². The lowest BCUT2D eigenvalue weighted by molar-refractivity contribution is 0.0553. The van der Waals surface area contributed by atoms with E-state index in [9.17, 15) is 5.26 Å². The third-order valence-electron chi connectivity index (χ3n) is 4.15. The third kappa shape index (κ3) is 3.37. The van der Waals surface area contributed by atoms with Gasteiger partial charge in [0.15, 0.2) is 0 Å². The highest BCUT2D eigenvalue weighted by Gasteiger charge is 2.22. The quantitative estimate of drug-likeness (QED) is 0.855. The Hall–Kier alpha value is -2.35. The zero-order chi connectivity index (χ0) is 16.2. The van der Waals surface area contributed by atoms with E-state index < -0.39 is 0 Å². The molecule has 1 aliphatic heterocycles. The third-order valence-corrected chi connectivity index (χ3v) is 4.15. The molecule has 0 unspecified atom stereocenters. The highest BCUT2D eigenvalue weighted by molar-refractivity contribution is 5.44. The normalized spacial score (nSPS) is 18.4. The van der Waals surface area contributed by atoms with Crippen molar-refractivity contribution in [3.05, 3.63) is 64.7 Å². The summed E-state index contributed by atoms with van der Waals surface area (Å²) in [6, 6.07) is 16.0. The van der Waals surface area contributed by atoms with Crippen molar-refractivity contribution >= 4 is 0 Å². The minimum Gasteiger partial charge on any atom is -0.497 e. The molecule has 3 rings (SSSR count). The number of fused-ring (bicyclic) bond motifs is 1. The van der Waals surface area contributed by atoms with E-state index in [0.29, 0.717) is 12.2 Å². The van der Waals surface area contributed by atoms with Gasteiger partial charge in [-0.05, 0) is 48.0 Å². The Morgan fingerprint density at radius 2 is 2.13 bits per heavy atom. The Bertz CT molecular complexity index is 736. The van der Waals surface area contributed by atoms with Crippen LogP contribution in [0.2, 0.25) is 0 Å². The summed E-state index contributed by atoms with van der Waals surface area (Å²) in [6.45, 7) is 2.34. The summed E-state index contributed by atoms with van der Waals surface area (Å²) in [5.74, 6) is 0.820. The molecule has 2 aromatic rings. The van der Waals surface area contributed by atoms with Crippen molar-refractivity contribution in [2.24, 2.45) is 0 Å². The van der Waals surface area contributed by atoms with Crippen LogP contribution in [0.1, 0.15) is 28.4 Å². The van der Waals surface area contributed by atoms with Crippen LogP contribution in [0.3, 0.4) is 0 Å². The predicted molar refractivity (Wildman–Crippen MR) is 88.3 cm³/mol. The van der Waals surface area contributed by atoms with Crippen molar-refractivity contribution in [3.8, 4) is 11.8 Å². The first-order valence-corrected chi connectivity index (χ1v) is 7.68. The monoisotopic (exact) mass is 308 g/mol. The zero-order valence-electron chi connectivity index (χ0n) is 13.5. The second-order valence-electron chi connectivity index (χ2n) is 5.79. The number of nitriles is 1. The number of methoxy groups -OCH3 is 1. The Labute approximate surface area is 136 Å². The van der Waals surface area contributed by atoms with E-state index in [1.54, 1.807) is 7.11 Å². The van der Waals surface area contributed by atoms with E-state index in [1.165, 1.54) is 0 Å². The van der Waals surface area contributed by atoms with Crippen LogP contribution < -0.4 is 4.74 Å². The molecule has 1 heterocycles. The molecule has 0 N–H and O–H groups in total. The van der Waals surface area contributed by atoms with E-state index in [1.807, 2.05) is 36.4 Å². The van der Waals surface area contributed by atoms with E-state index in [0.717, 1.165) is 35.5 Å². The molecule has 0 saturated carbocycles. The van der Waals surface area contributed by atoms with Crippen LogP contribution in [0, 0.1) is 11.3 Å². The molecule has 0 saturated heterocycles. The number of hydrogen-bond donors (Lipinski definition) is 0. The smallest absolute Gasteiger partial charge is 0.119 e.